The van der Waals surface area contributed by atoms with E-state index >= 15 is 0 Å². The highest BCUT2D eigenvalue weighted by Gasteiger charge is 2.27. The van der Waals surface area contributed by atoms with Crippen molar-refractivity contribution in [2.45, 2.75) is 65.6 Å². The van der Waals surface area contributed by atoms with Gasteiger partial charge >= 0.3 is 0 Å². The number of nitrogens with one attached hydrogen (secondary N) is 1. The molecule has 0 aliphatic rings. The third-order valence-electron chi connectivity index (χ3n) is 5.65. The monoisotopic (exact) mass is 565 g/mol. The fourth-order valence-electron chi connectivity index (χ4n) is 3.68. The van der Waals surface area contributed by atoms with Crippen LogP contribution >= 0.6 is 15.9 Å². The van der Waals surface area contributed by atoms with Crippen molar-refractivity contribution in [3.8, 4) is 0 Å². The predicted molar refractivity (Wildman–Crippen MR) is 145 cm³/mol. The lowest BCUT2D eigenvalue weighted by atomic mass is 10.1. The summed E-state index contributed by atoms with van der Waals surface area (Å²) < 4.78 is 27.1. The number of carbonyl (C=O) groups excluding carboxylic acids is 2. The van der Waals surface area contributed by atoms with Gasteiger partial charge in [0.05, 0.1) is 11.9 Å². The van der Waals surface area contributed by atoms with E-state index in [-0.39, 0.29) is 37.4 Å². The number of halogens is 1. The maximum Gasteiger partial charge on any atom is 0.242 e. The zero-order valence-corrected chi connectivity index (χ0v) is 23.5. The Kier molecular flexibility index (Phi) is 10.8. The molecule has 0 heterocycles. The molecule has 2 aromatic rings. The van der Waals surface area contributed by atoms with Crippen LogP contribution in [0.5, 0.6) is 0 Å². The SMILES string of the molecule is CCc1ccc(N(CCCC(=O)N(Cc2ccc(Br)cc2)[C@H](C)C(=O)NC(C)C)S(C)(=O)=O)cc1. The molecule has 0 aliphatic carbocycles. The minimum atomic E-state index is -3.51. The second-order valence-corrected chi connectivity index (χ2v) is 11.8. The van der Waals surface area contributed by atoms with E-state index in [2.05, 4.69) is 21.2 Å². The molecule has 2 rings (SSSR count). The van der Waals surface area contributed by atoms with E-state index in [4.69, 9.17) is 0 Å². The van der Waals surface area contributed by atoms with Crippen LogP contribution in [0.1, 0.15) is 51.7 Å². The molecule has 0 fully saturated rings. The number of nitrogens with zero attached hydrogens (tertiary/aromatic N) is 2. The number of benzene rings is 2. The molecule has 0 saturated heterocycles. The van der Waals surface area contributed by atoms with Crippen molar-refractivity contribution in [1.82, 2.24) is 10.2 Å². The summed E-state index contributed by atoms with van der Waals surface area (Å²) in [6, 6.07) is 14.3. The number of rotatable bonds is 12. The smallest absolute Gasteiger partial charge is 0.242 e. The van der Waals surface area contributed by atoms with E-state index in [1.807, 2.05) is 57.2 Å². The van der Waals surface area contributed by atoms with Crippen LogP contribution in [0.3, 0.4) is 0 Å². The molecule has 0 bridgehead atoms. The Morgan fingerprint density at radius 3 is 2.06 bits per heavy atom. The van der Waals surface area contributed by atoms with E-state index in [1.54, 1.807) is 24.0 Å². The molecular weight excluding hydrogens is 530 g/mol. The molecule has 9 heteroatoms. The Labute approximate surface area is 218 Å². The molecule has 2 aromatic carbocycles. The molecule has 0 radical (unpaired) electrons. The van der Waals surface area contributed by atoms with E-state index < -0.39 is 16.1 Å². The van der Waals surface area contributed by atoms with Gasteiger partial charge in [0.25, 0.3) is 0 Å². The van der Waals surface area contributed by atoms with Crippen molar-refractivity contribution in [2.75, 3.05) is 17.1 Å². The minimum absolute atomic E-state index is 0.0444. The fourth-order valence-corrected chi connectivity index (χ4v) is 4.91. The Hall–Kier alpha value is -2.39. The number of carbonyl (C=O) groups is 2. The molecular formula is C26H36BrN3O4S. The van der Waals surface area contributed by atoms with Gasteiger partial charge in [-0.25, -0.2) is 8.42 Å². The van der Waals surface area contributed by atoms with Gasteiger partial charge in [-0.3, -0.25) is 13.9 Å². The van der Waals surface area contributed by atoms with Crippen LogP contribution in [-0.4, -0.2) is 50.0 Å². The van der Waals surface area contributed by atoms with E-state index in [0.29, 0.717) is 12.1 Å². The van der Waals surface area contributed by atoms with Gasteiger partial charge in [-0.1, -0.05) is 47.1 Å². The first-order valence-corrected chi connectivity index (χ1v) is 14.5. The summed E-state index contributed by atoms with van der Waals surface area (Å²) in [6.45, 7) is 7.96. The van der Waals surface area contributed by atoms with Gasteiger partial charge in [-0.15, -0.1) is 0 Å². The highest BCUT2D eigenvalue weighted by atomic mass is 79.9. The largest absolute Gasteiger partial charge is 0.352 e. The van der Waals surface area contributed by atoms with Gasteiger partial charge in [0.15, 0.2) is 0 Å². The lowest BCUT2D eigenvalue weighted by molar-refractivity contribution is -0.140. The first kappa shape index (κ1) is 28.8. The summed E-state index contributed by atoms with van der Waals surface area (Å²) in [5.74, 6) is -0.423. The lowest BCUT2D eigenvalue weighted by Gasteiger charge is -2.30. The maximum atomic E-state index is 13.3. The zero-order valence-electron chi connectivity index (χ0n) is 21.1. The van der Waals surface area contributed by atoms with Crippen LogP contribution in [0, 0.1) is 0 Å². The van der Waals surface area contributed by atoms with Gasteiger partial charge in [0, 0.05) is 30.0 Å². The fraction of sp³-hybridized carbons (Fsp3) is 0.462. The number of hydrogen-bond acceptors (Lipinski definition) is 4. The molecule has 0 spiro atoms. The number of anilines is 1. The van der Waals surface area contributed by atoms with Crippen molar-refractivity contribution in [2.24, 2.45) is 0 Å². The number of aryl methyl sites for hydroxylation is 1. The molecule has 0 saturated carbocycles. The average molecular weight is 567 g/mol. The van der Waals surface area contributed by atoms with Crippen molar-refractivity contribution >= 4 is 43.5 Å². The van der Waals surface area contributed by atoms with Crippen molar-refractivity contribution < 1.29 is 18.0 Å². The minimum Gasteiger partial charge on any atom is -0.352 e. The number of sulfonamides is 1. The highest BCUT2D eigenvalue weighted by molar-refractivity contribution is 9.10. The number of hydrogen-bond donors (Lipinski definition) is 1. The van der Waals surface area contributed by atoms with Crippen LogP contribution in [0.2, 0.25) is 0 Å². The van der Waals surface area contributed by atoms with Gasteiger partial charge < -0.3 is 10.2 Å². The van der Waals surface area contributed by atoms with Crippen LogP contribution in [0.25, 0.3) is 0 Å². The molecule has 0 aromatic heterocycles. The average Bonchev–Trinajstić information content (AvgIpc) is 2.79. The first-order chi connectivity index (χ1) is 16.4. The van der Waals surface area contributed by atoms with Crippen LogP contribution < -0.4 is 9.62 Å². The van der Waals surface area contributed by atoms with Gasteiger partial charge in [-0.2, -0.15) is 0 Å². The Morgan fingerprint density at radius 1 is 0.971 bits per heavy atom. The number of amides is 2. The van der Waals surface area contributed by atoms with Gasteiger partial charge in [0.2, 0.25) is 21.8 Å². The van der Waals surface area contributed by atoms with Crippen molar-refractivity contribution in [3.63, 3.8) is 0 Å². The first-order valence-electron chi connectivity index (χ1n) is 11.8. The normalized spacial score (nSPS) is 12.3. The quantitative estimate of drug-likeness (QED) is 0.410. The van der Waals surface area contributed by atoms with E-state index in [0.717, 1.165) is 22.0 Å². The van der Waals surface area contributed by atoms with Gasteiger partial charge in [0.1, 0.15) is 6.04 Å². The molecule has 2 amide bonds. The third kappa shape index (κ3) is 8.96. The second-order valence-electron chi connectivity index (χ2n) is 8.95. The summed E-state index contributed by atoms with van der Waals surface area (Å²) in [5, 5.41) is 2.87. The highest BCUT2D eigenvalue weighted by Crippen LogP contribution is 2.20. The van der Waals surface area contributed by atoms with E-state index in [1.165, 1.54) is 10.6 Å². The second kappa shape index (κ2) is 13.1. The Morgan fingerprint density at radius 2 is 1.54 bits per heavy atom. The third-order valence-corrected chi connectivity index (χ3v) is 7.37. The van der Waals surface area contributed by atoms with Crippen LogP contribution in [0.15, 0.2) is 53.0 Å². The van der Waals surface area contributed by atoms with Gasteiger partial charge in [-0.05, 0) is 69.0 Å². The van der Waals surface area contributed by atoms with Crippen LogP contribution in [0.4, 0.5) is 5.69 Å². The molecule has 1 atom stereocenters. The Balaban J connectivity index is 2.15. The molecule has 7 nitrogen and oxygen atoms in total. The Bertz CT molecular complexity index is 1090. The summed E-state index contributed by atoms with van der Waals surface area (Å²) >= 11 is 3.41. The van der Waals surface area contributed by atoms with Crippen molar-refractivity contribution in [3.05, 3.63) is 64.1 Å². The molecule has 192 valence electrons. The molecule has 0 aliphatic heterocycles. The topological polar surface area (TPSA) is 86.8 Å². The van der Waals surface area contributed by atoms with Crippen LogP contribution in [-0.2, 0) is 32.6 Å². The molecule has 35 heavy (non-hydrogen) atoms. The zero-order chi connectivity index (χ0) is 26.2. The molecule has 1 N–H and O–H groups in total. The summed E-state index contributed by atoms with van der Waals surface area (Å²) in [5.41, 5.74) is 2.60. The molecule has 0 unspecified atom stereocenters. The van der Waals surface area contributed by atoms with Crippen molar-refractivity contribution in [1.29, 1.82) is 0 Å². The predicted octanol–water partition coefficient (Wildman–Crippen LogP) is 4.50. The summed E-state index contributed by atoms with van der Waals surface area (Å²) in [4.78, 5) is 27.5. The standard InChI is InChI=1S/C26H36BrN3O4S/c1-6-21-11-15-24(16-12-21)30(35(5,33)34)17-7-8-25(31)29(20(4)26(32)28-19(2)3)18-22-9-13-23(27)14-10-22/h9-16,19-20H,6-8,17-18H2,1-5H3,(H,28,32)/t20-/m1/s1. The van der Waals surface area contributed by atoms with E-state index in [9.17, 15) is 18.0 Å². The summed E-state index contributed by atoms with van der Waals surface area (Å²) in [6.07, 6.45) is 2.48. The lowest BCUT2D eigenvalue weighted by Crippen LogP contribution is -2.49. The summed E-state index contributed by atoms with van der Waals surface area (Å²) in [7, 11) is -3.51. The maximum absolute atomic E-state index is 13.3.